The molecule has 4 heterocycles. The van der Waals surface area contributed by atoms with Gasteiger partial charge in [0.2, 0.25) is 17.7 Å². The topological polar surface area (TPSA) is 121 Å². The molecule has 3 aliphatic heterocycles. The Bertz CT molecular complexity index is 1390. The number of hydrogen-bond acceptors (Lipinski definition) is 7. The van der Waals surface area contributed by atoms with E-state index in [9.17, 15) is 19.5 Å². The predicted octanol–water partition coefficient (Wildman–Crippen LogP) is 2.22. The smallest absolute Gasteiger partial charge is 0.250 e. The summed E-state index contributed by atoms with van der Waals surface area (Å²) < 4.78 is 8.55. The molecule has 0 radical (unpaired) electrons. The van der Waals surface area contributed by atoms with Crippen molar-refractivity contribution < 1.29 is 24.2 Å². The fourth-order valence-electron chi connectivity index (χ4n) is 7.54. The molecule has 2 aromatic rings. The molecule has 42 heavy (non-hydrogen) atoms. The van der Waals surface area contributed by atoms with Crippen LogP contribution in [0.1, 0.15) is 40.0 Å². The Morgan fingerprint density at radius 3 is 2.55 bits per heavy atom. The van der Waals surface area contributed by atoms with Gasteiger partial charge in [-0.15, -0.1) is 18.3 Å². The SMILES string of the molecule is C=CCN(C)C(=O)[C@@H]1[C@H]2C(=O)N([C@@H](CO)C(C)C)C(C(=O)N(CC=C)Cn3nnc4ccccc43)C23CC[C@@]1(CC)O3. The summed E-state index contributed by atoms with van der Waals surface area (Å²) in [5.41, 5.74) is -0.585. The van der Waals surface area contributed by atoms with Crippen molar-refractivity contribution in [3.8, 4) is 0 Å². The van der Waals surface area contributed by atoms with Crippen LogP contribution in [0.4, 0.5) is 0 Å². The maximum Gasteiger partial charge on any atom is 0.250 e. The number of hydrogen-bond donors (Lipinski definition) is 1. The number of likely N-dealkylation sites (N-methyl/N-ethyl adjacent to an activating group) is 1. The van der Waals surface area contributed by atoms with Gasteiger partial charge < -0.3 is 24.5 Å². The number of carbonyl (C=O) groups is 3. The first-order chi connectivity index (χ1) is 20.1. The van der Waals surface area contributed by atoms with Crippen LogP contribution in [-0.4, -0.2) is 103 Å². The van der Waals surface area contributed by atoms with E-state index < -0.39 is 35.1 Å². The third kappa shape index (κ3) is 4.36. The lowest BCUT2D eigenvalue weighted by molar-refractivity contribution is -0.159. The molecule has 5 rings (SSSR count). The molecule has 0 aliphatic carbocycles. The number of nitrogens with zero attached hydrogens (tertiary/aromatic N) is 6. The number of aromatic nitrogens is 3. The second kappa shape index (κ2) is 11.3. The highest BCUT2D eigenvalue weighted by atomic mass is 16.5. The van der Waals surface area contributed by atoms with Gasteiger partial charge in [-0.2, -0.15) is 0 Å². The van der Waals surface area contributed by atoms with Crippen LogP contribution in [0.5, 0.6) is 0 Å². The van der Waals surface area contributed by atoms with Crippen molar-refractivity contribution in [3.63, 3.8) is 0 Å². The third-order valence-corrected chi connectivity index (χ3v) is 9.60. The Hall–Kier alpha value is -3.57. The zero-order valence-electron chi connectivity index (χ0n) is 25.0. The molecule has 11 nitrogen and oxygen atoms in total. The lowest BCUT2D eigenvalue weighted by atomic mass is 9.64. The minimum absolute atomic E-state index is 0.0828. The zero-order valence-corrected chi connectivity index (χ0v) is 25.0. The summed E-state index contributed by atoms with van der Waals surface area (Å²) in [6, 6.07) is 5.83. The number of aliphatic hydroxyl groups excluding tert-OH is 1. The van der Waals surface area contributed by atoms with Crippen molar-refractivity contribution in [2.75, 3.05) is 26.7 Å². The van der Waals surface area contributed by atoms with Crippen molar-refractivity contribution >= 4 is 28.8 Å². The number of aliphatic hydroxyl groups is 1. The highest BCUT2D eigenvalue weighted by Crippen LogP contribution is 2.65. The first kappa shape index (κ1) is 29.9. The maximum atomic E-state index is 14.8. The Kier molecular flexibility index (Phi) is 8.02. The van der Waals surface area contributed by atoms with Gasteiger partial charge in [-0.25, -0.2) is 4.68 Å². The van der Waals surface area contributed by atoms with E-state index in [1.165, 1.54) is 4.90 Å². The van der Waals surface area contributed by atoms with Gasteiger partial charge in [0, 0.05) is 20.1 Å². The maximum absolute atomic E-state index is 14.8. The third-order valence-electron chi connectivity index (χ3n) is 9.60. The Morgan fingerprint density at radius 2 is 1.90 bits per heavy atom. The number of ether oxygens (including phenoxy) is 1. The molecular weight excluding hydrogens is 536 g/mol. The molecule has 3 amide bonds. The summed E-state index contributed by atoms with van der Waals surface area (Å²) >= 11 is 0. The minimum Gasteiger partial charge on any atom is -0.394 e. The van der Waals surface area contributed by atoms with Gasteiger partial charge in [-0.3, -0.25) is 14.4 Å². The number of amides is 3. The van der Waals surface area contributed by atoms with E-state index in [1.54, 1.807) is 33.7 Å². The first-order valence-corrected chi connectivity index (χ1v) is 14.8. The summed E-state index contributed by atoms with van der Waals surface area (Å²) in [7, 11) is 1.70. The van der Waals surface area contributed by atoms with Crippen LogP contribution in [0.2, 0.25) is 0 Å². The molecule has 1 aromatic carbocycles. The molecular formula is C31H42N6O5. The van der Waals surface area contributed by atoms with E-state index in [2.05, 4.69) is 23.5 Å². The van der Waals surface area contributed by atoms with Crippen LogP contribution in [-0.2, 0) is 25.8 Å². The highest BCUT2D eigenvalue weighted by Gasteiger charge is 2.79. The zero-order chi connectivity index (χ0) is 30.4. The number of rotatable bonds is 12. The minimum atomic E-state index is -1.20. The monoisotopic (exact) mass is 578 g/mol. The van der Waals surface area contributed by atoms with E-state index in [1.807, 2.05) is 45.0 Å². The van der Waals surface area contributed by atoms with E-state index >= 15 is 0 Å². The summed E-state index contributed by atoms with van der Waals surface area (Å²) in [5.74, 6) is -2.56. The average Bonchev–Trinajstić information content (AvgIpc) is 3.70. The van der Waals surface area contributed by atoms with Gasteiger partial charge in [-0.1, -0.05) is 50.3 Å². The van der Waals surface area contributed by atoms with Gasteiger partial charge in [0.1, 0.15) is 23.8 Å². The molecule has 11 heteroatoms. The number of fused-ring (bicyclic) bond motifs is 2. The quantitative estimate of drug-likeness (QED) is 0.384. The average molecular weight is 579 g/mol. The lowest BCUT2D eigenvalue weighted by Crippen LogP contribution is -2.59. The van der Waals surface area contributed by atoms with Crippen molar-refractivity contribution in [2.24, 2.45) is 17.8 Å². The molecule has 2 bridgehead atoms. The van der Waals surface area contributed by atoms with Gasteiger partial charge in [0.25, 0.3) is 0 Å². The molecule has 3 fully saturated rings. The standard InChI is InChI=1S/C31H42N6O5/c1-7-16-34(6)27(39)24-25-28(40)37(23(18-38)20(4)5)26(31(25)15-14-30(24,9-3)42-31)29(41)35(17-8-2)19-36-22-13-11-10-12-21(22)32-33-36/h7-8,10-13,20,23-26,38H,1-2,9,14-19H2,3-6H3/t23-,24-,25-,26?,30+,31?/m0/s1. The largest absolute Gasteiger partial charge is 0.394 e. The lowest BCUT2D eigenvalue weighted by Gasteiger charge is -2.40. The predicted molar refractivity (Wildman–Crippen MR) is 157 cm³/mol. The van der Waals surface area contributed by atoms with Gasteiger partial charge in [0.15, 0.2) is 0 Å². The Morgan fingerprint density at radius 1 is 1.19 bits per heavy atom. The second-order valence-corrected chi connectivity index (χ2v) is 12.1. The molecule has 3 aliphatic rings. The van der Waals surface area contributed by atoms with Gasteiger partial charge >= 0.3 is 0 Å². The van der Waals surface area contributed by atoms with Crippen molar-refractivity contribution in [1.82, 2.24) is 29.7 Å². The molecule has 0 saturated carbocycles. The van der Waals surface area contributed by atoms with E-state index in [0.717, 1.165) is 5.52 Å². The number of likely N-dealkylation sites (tertiary alicyclic amines) is 1. The second-order valence-electron chi connectivity index (χ2n) is 12.1. The molecule has 1 spiro atoms. The van der Waals surface area contributed by atoms with Crippen LogP contribution < -0.4 is 0 Å². The Labute approximate surface area is 246 Å². The highest BCUT2D eigenvalue weighted by molar-refractivity contribution is 5.99. The number of para-hydroxylation sites is 1. The molecule has 6 atom stereocenters. The molecule has 1 N–H and O–H groups in total. The van der Waals surface area contributed by atoms with E-state index in [4.69, 9.17) is 4.74 Å². The normalized spacial score (nSPS) is 28.8. The summed E-state index contributed by atoms with van der Waals surface area (Å²) in [5, 5.41) is 19.0. The van der Waals surface area contributed by atoms with Crippen molar-refractivity contribution in [1.29, 1.82) is 0 Å². The fourth-order valence-corrected chi connectivity index (χ4v) is 7.54. The van der Waals surface area contributed by atoms with Crippen LogP contribution in [0.15, 0.2) is 49.6 Å². The van der Waals surface area contributed by atoms with Crippen molar-refractivity contribution in [2.45, 2.75) is 70.0 Å². The summed E-state index contributed by atoms with van der Waals surface area (Å²) in [6.45, 7) is 13.7. The molecule has 3 saturated heterocycles. The first-order valence-electron chi connectivity index (χ1n) is 14.8. The molecule has 226 valence electrons. The summed E-state index contributed by atoms with van der Waals surface area (Å²) in [4.78, 5) is 48.0. The molecule has 1 aromatic heterocycles. The summed E-state index contributed by atoms with van der Waals surface area (Å²) in [6.07, 6.45) is 4.84. The van der Waals surface area contributed by atoms with Crippen LogP contribution in [0, 0.1) is 17.8 Å². The Balaban J connectivity index is 1.61. The van der Waals surface area contributed by atoms with Gasteiger partial charge in [-0.05, 0) is 37.3 Å². The number of carbonyl (C=O) groups excluding carboxylic acids is 3. The fraction of sp³-hybridized carbons (Fsp3) is 0.581. The van der Waals surface area contributed by atoms with E-state index in [-0.39, 0.29) is 43.5 Å². The van der Waals surface area contributed by atoms with Crippen LogP contribution >= 0.6 is 0 Å². The van der Waals surface area contributed by atoms with Crippen LogP contribution in [0.25, 0.3) is 11.0 Å². The van der Waals surface area contributed by atoms with E-state index in [0.29, 0.717) is 31.3 Å². The van der Waals surface area contributed by atoms with Gasteiger partial charge in [0.05, 0.1) is 35.6 Å². The van der Waals surface area contributed by atoms with Crippen LogP contribution in [0.3, 0.4) is 0 Å². The number of benzene rings is 1. The van der Waals surface area contributed by atoms with Crippen molar-refractivity contribution in [3.05, 3.63) is 49.6 Å². The molecule has 2 unspecified atom stereocenters.